The number of benzene rings is 2. The lowest BCUT2D eigenvalue weighted by atomic mass is 9.91. The first-order valence-electron chi connectivity index (χ1n) is 9.66. The Morgan fingerprint density at radius 2 is 1.93 bits per heavy atom. The molecule has 1 N–H and O–H groups in total. The highest BCUT2D eigenvalue weighted by Crippen LogP contribution is 2.33. The molecule has 0 aliphatic heterocycles. The van der Waals surface area contributed by atoms with Crippen LogP contribution in [-0.2, 0) is 30.5 Å². The predicted octanol–water partition coefficient (Wildman–Crippen LogP) is 4.52. The van der Waals surface area contributed by atoms with Gasteiger partial charge < -0.3 is 5.32 Å². The molecule has 5 heteroatoms. The summed E-state index contributed by atoms with van der Waals surface area (Å²) in [7, 11) is 0. The average Bonchev–Trinajstić information content (AvgIpc) is 2.69. The van der Waals surface area contributed by atoms with Gasteiger partial charge in [0.15, 0.2) is 5.82 Å². The number of nitrogens with zero attached hydrogens (tertiary/aromatic N) is 2. The first kappa shape index (κ1) is 18.3. The third kappa shape index (κ3) is 3.79. The van der Waals surface area contributed by atoms with Crippen molar-refractivity contribution >= 4 is 11.7 Å². The van der Waals surface area contributed by atoms with Crippen LogP contribution in [0.25, 0.3) is 11.3 Å². The molecule has 1 aliphatic rings. The van der Waals surface area contributed by atoms with E-state index in [9.17, 15) is 9.18 Å². The molecule has 1 amide bonds. The van der Waals surface area contributed by atoms with Gasteiger partial charge in [0, 0.05) is 5.56 Å². The molecule has 4 rings (SSSR count). The van der Waals surface area contributed by atoms with Crippen LogP contribution in [0, 0.1) is 5.82 Å². The molecule has 0 fully saturated rings. The standard InChI is InChI=1S/C23H22FN3O/c1-2-6-20-23(27-21(28)13-15-7-4-3-5-8-15)26-19-12-9-16-14-17(24)10-11-18(16)22(19)25-20/h3-5,7-8,10-11,14H,2,6,9,12-13H2,1H3,(H,26,27,28). The molecule has 3 aromatic rings. The van der Waals surface area contributed by atoms with Gasteiger partial charge in [0.05, 0.1) is 23.5 Å². The van der Waals surface area contributed by atoms with Gasteiger partial charge in [-0.3, -0.25) is 4.79 Å². The molecule has 0 unspecified atom stereocenters. The van der Waals surface area contributed by atoms with Crippen LogP contribution in [0.4, 0.5) is 10.2 Å². The number of carbonyl (C=O) groups excluding carboxylic acids is 1. The van der Waals surface area contributed by atoms with Crippen molar-refractivity contribution in [1.82, 2.24) is 9.97 Å². The molecule has 142 valence electrons. The summed E-state index contributed by atoms with van der Waals surface area (Å²) in [6, 6.07) is 14.5. The van der Waals surface area contributed by atoms with Gasteiger partial charge in [0.1, 0.15) is 5.82 Å². The number of halogens is 1. The van der Waals surface area contributed by atoms with Crippen LogP contribution >= 0.6 is 0 Å². The summed E-state index contributed by atoms with van der Waals surface area (Å²) >= 11 is 0. The molecule has 0 atom stereocenters. The Kier molecular flexibility index (Phi) is 5.15. The van der Waals surface area contributed by atoms with Crippen LogP contribution in [0.1, 0.15) is 35.9 Å². The fraction of sp³-hybridized carbons (Fsp3) is 0.261. The Hall–Kier alpha value is -3.08. The lowest BCUT2D eigenvalue weighted by molar-refractivity contribution is -0.115. The largest absolute Gasteiger partial charge is 0.309 e. The van der Waals surface area contributed by atoms with Crippen LogP contribution in [-0.4, -0.2) is 15.9 Å². The topological polar surface area (TPSA) is 54.9 Å². The molecular weight excluding hydrogens is 353 g/mol. The van der Waals surface area contributed by atoms with E-state index in [-0.39, 0.29) is 11.7 Å². The molecule has 0 radical (unpaired) electrons. The number of nitrogens with one attached hydrogen (secondary N) is 1. The number of amides is 1. The van der Waals surface area contributed by atoms with Crippen molar-refractivity contribution in [2.75, 3.05) is 5.32 Å². The Labute approximate surface area is 163 Å². The first-order valence-corrected chi connectivity index (χ1v) is 9.66. The van der Waals surface area contributed by atoms with Gasteiger partial charge in [-0.2, -0.15) is 0 Å². The van der Waals surface area contributed by atoms with E-state index < -0.39 is 0 Å². The SMILES string of the molecule is CCCc1nc2c(nc1NC(=O)Cc1ccccc1)CCc1cc(F)ccc1-2. The number of rotatable bonds is 5. The van der Waals surface area contributed by atoms with Gasteiger partial charge in [-0.15, -0.1) is 0 Å². The highest BCUT2D eigenvalue weighted by Gasteiger charge is 2.22. The van der Waals surface area contributed by atoms with E-state index in [0.717, 1.165) is 53.0 Å². The molecule has 2 aromatic carbocycles. The number of aryl methyl sites for hydroxylation is 3. The zero-order chi connectivity index (χ0) is 19.5. The number of hydrogen-bond donors (Lipinski definition) is 1. The van der Waals surface area contributed by atoms with Gasteiger partial charge >= 0.3 is 0 Å². The Balaban J connectivity index is 1.65. The Morgan fingerprint density at radius 1 is 1.11 bits per heavy atom. The maximum atomic E-state index is 13.6. The lowest BCUT2D eigenvalue weighted by Crippen LogP contribution is -2.19. The van der Waals surface area contributed by atoms with E-state index >= 15 is 0 Å². The van der Waals surface area contributed by atoms with Crippen molar-refractivity contribution in [2.24, 2.45) is 0 Å². The van der Waals surface area contributed by atoms with Crippen molar-refractivity contribution in [3.05, 3.63) is 76.9 Å². The van der Waals surface area contributed by atoms with Gasteiger partial charge in [-0.05, 0) is 48.6 Å². The lowest BCUT2D eigenvalue weighted by Gasteiger charge is -2.21. The zero-order valence-corrected chi connectivity index (χ0v) is 15.8. The smallest absolute Gasteiger partial charge is 0.229 e. The van der Waals surface area contributed by atoms with Gasteiger partial charge in [-0.25, -0.2) is 14.4 Å². The van der Waals surface area contributed by atoms with E-state index in [1.54, 1.807) is 12.1 Å². The van der Waals surface area contributed by atoms with Gasteiger partial charge in [0.2, 0.25) is 5.91 Å². The molecule has 0 spiro atoms. The van der Waals surface area contributed by atoms with E-state index in [1.807, 2.05) is 30.3 Å². The van der Waals surface area contributed by atoms with Gasteiger partial charge in [-0.1, -0.05) is 43.7 Å². The van der Waals surface area contributed by atoms with E-state index in [4.69, 9.17) is 9.97 Å². The minimum atomic E-state index is -0.228. The van der Waals surface area contributed by atoms with Crippen LogP contribution in [0.2, 0.25) is 0 Å². The van der Waals surface area contributed by atoms with Crippen molar-refractivity contribution in [3.8, 4) is 11.3 Å². The van der Waals surface area contributed by atoms with Crippen LogP contribution in [0.5, 0.6) is 0 Å². The van der Waals surface area contributed by atoms with Crippen LogP contribution in [0.3, 0.4) is 0 Å². The maximum Gasteiger partial charge on any atom is 0.229 e. The molecule has 4 nitrogen and oxygen atoms in total. The van der Waals surface area contributed by atoms with Crippen LogP contribution in [0.15, 0.2) is 48.5 Å². The summed E-state index contributed by atoms with van der Waals surface area (Å²) < 4.78 is 13.6. The monoisotopic (exact) mass is 375 g/mol. The third-order valence-electron chi connectivity index (χ3n) is 4.95. The number of aromatic nitrogens is 2. The fourth-order valence-corrected chi connectivity index (χ4v) is 3.62. The summed E-state index contributed by atoms with van der Waals surface area (Å²) in [5.41, 5.74) is 5.30. The third-order valence-corrected chi connectivity index (χ3v) is 4.95. The van der Waals surface area contributed by atoms with E-state index in [0.29, 0.717) is 18.7 Å². The molecular formula is C23H22FN3O. The fourth-order valence-electron chi connectivity index (χ4n) is 3.62. The van der Waals surface area contributed by atoms with Crippen molar-refractivity contribution in [3.63, 3.8) is 0 Å². The second-order valence-electron chi connectivity index (χ2n) is 7.08. The quantitative estimate of drug-likeness (QED) is 0.714. The molecule has 0 saturated heterocycles. The van der Waals surface area contributed by atoms with E-state index in [2.05, 4.69) is 12.2 Å². The molecule has 0 bridgehead atoms. The number of carbonyl (C=O) groups is 1. The van der Waals surface area contributed by atoms with Crippen molar-refractivity contribution in [2.45, 2.75) is 39.0 Å². The molecule has 1 heterocycles. The normalized spacial score (nSPS) is 12.2. The second kappa shape index (κ2) is 7.89. The Bertz CT molecular complexity index is 1020. The molecule has 0 saturated carbocycles. The second-order valence-corrected chi connectivity index (χ2v) is 7.08. The minimum Gasteiger partial charge on any atom is -0.309 e. The number of fused-ring (bicyclic) bond motifs is 3. The highest BCUT2D eigenvalue weighted by molar-refractivity contribution is 5.92. The number of hydrogen-bond acceptors (Lipinski definition) is 3. The number of anilines is 1. The summed E-state index contributed by atoms with van der Waals surface area (Å²) in [5, 5.41) is 2.95. The summed E-state index contributed by atoms with van der Waals surface area (Å²) in [6.07, 6.45) is 3.32. The van der Waals surface area contributed by atoms with Gasteiger partial charge in [0.25, 0.3) is 0 Å². The van der Waals surface area contributed by atoms with Crippen molar-refractivity contribution < 1.29 is 9.18 Å². The maximum absolute atomic E-state index is 13.6. The summed E-state index contributed by atoms with van der Waals surface area (Å²) in [4.78, 5) is 22.1. The van der Waals surface area contributed by atoms with Crippen LogP contribution < -0.4 is 5.32 Å². The predicted molar refractivity (Wildman–Crippen MR) is 108 cm³/mol. The Morgan fingerprint density at radius 3 is 2.71 bits per heavy atom. The minimum absolute atomic E-state index is 0.101. The zero-order valence-electron chi connectivity index (χ0n) is 15.8. The first-order chi connectivity index (χ1) is 13.6. The highest BCUT2D eigenvalue weighted by atomic mass is 19.1. The summed E-state index contributed by atoms with van der Waals surface area (Å²) in [5.74, 6) is 0.219. The molecule has 28 heavy (non-hydrogen) atoms. The van der Waals surface area contributed by atoms with Crippen molar-refractivity contribution in [1.29, 1.82) is 0 Å². The summed E-state index contributed by atoms with van der Waals surface area (Å²) in [6.45, 7) is 2.07. The van der Waals surface area contributed by atoms with E-state index in [1.165, 1.54) is 6.07 Å². The average molecular weight is 375 g/mol. The molecule has 1 aromatic heterocycles. The molecule has 1 aliphatic carbocycles.